The molecule has 3 heteroatoms. The topological polar surface area (TPSA) is 0 Å². The number of rotatable bonds is 1. The molecule has 0 aliphatic carbocycles. The van der Waals surface area contributed by atoms with E-state index < -0.39 is 0 Å². The van der Waals surface area contributed by atoms with Crippen molar-refractivity contribution in [2.75, 3.05) is 0 Å². The summed E-state index contributed by atoms with van der Waals surface area (Å²) in [7, 11) is 0. The number of aryl methyl sites for hydroxylation is 1. The zero-order chi connectivity index (χ0) is 8.43. The third-order valence-corrected chi connectivity index (χ3v) is 2.69. The van der Waals surface area contributed by atoms with E-state index in [2.05, 4.69) is 15.9 Å². The van der Waals surface area contributed by atoms with Crippen LogP contribution >= 0.6 is 27.5 Å². The average molecular weight is 237 g/mol. The van der Waals surface area contributed by atoms with Gasteiger partial charge in [0.15, 0.2) is 0 Å². The van der Waals surface area contributed by atoms with Gasteiger partial charge in [0, 0.05) is 5.88 Å². The molecular weight excluding hydrogens is 230 g/mol. The molecule has 0 atom stereocenters. The maximum Gasteiger partial charge on any atom is 0.137 e. The first-order valence-electron chi connectivity index (χ1n) is 3.16. The van der Waals surface area contributed by atoms with Gasteiger partial charge in [-0.05, 0) is 40.0 Å². The van der Waals surface area contributed by atoms with Gasteiger partial charge in [-0.3, -0.25) is 0 Å². The Morgan fingerprint density at radius 3 is 2.64 bits per heavy atom. The molecule has 60 valence electrons. The van der Waals surface area contributed by atoms with Gasteiger partial charge in [-0.15, -0.1) is 11.6 Å². The molecule has 0 N–H and O–H groups in total. The molecule has 0 bridgehead atoms. The Kier molecular flexibility index (Phi) is 2.90. The van der Waals surface area contributed by atoms with Crippen molar-refractivity contribution in [2.24, 2.45) is 0 Å². The maximum atomic E-state index is 12.8. The fourth-order valence-corrected chi connectivity index (χ4v) is 1.94. The van der Waals surface area contributed by atoms with Gasteiger partial charge in [0.1, 0.15) is 5.82 Å². The van der Waals surface area contributed by atoms with Crippen LogP contribution in [0.5, 0.6) is 0 Å². The number of hydrogen-bond acceptors (Lipinski definition) is 0. The lowest BCUT2D eigenvalue weighted by atomic mass is 10.1. The molecule has 0 saturated heterocycles. The molecule has 0 heterocycles. The normalized spacial score (nSPS) is 10.2. The van der Waals surface area contributed by atoms with Crippen LogP contribution in [0, 0.1) is 12.7 Å². The summed E-state index contributed by atoms with van der Waals surface area (Å²) in [6.45, 7) is 1.90. The first kappa shape index (κ1) is 9.01. The Morgan fingerprint density at radius 2 is 2.18 bits per heavy atom. The van der Waals surface area contributed by atoms with Crippen molar-refractivity contribution in [1.82, 2.24) is 0 Å². The zero-order valence-electron chi connectivity index (χ0n) is 6.00. The quantitative estimate of drug-likeness (QED) is 0.654. The molecule has 0 saturated carbocycles. The number of alkyl halides is 1. The molecule has 0 nitrogen and oxygen atoms in total. The van der Waals surface area contributed by atoms with Gasteiger partial charge in [0.05, 0.1) is 4.47 Å². The monoisotopic (exact) mass is 236 g/mol. The summed E-state index contributed by atoms with van der Waals surface area (Å²) in [5, 5.41) is 0. The van der Waals surface area contributed by atoms with Crippen LogP contribution < -0.4 is 0 Å². The average Bonchev–Trinajstić information content (AvgIpc) is 1.99. The highest BCUT2D eigenvalue weighted by Gasteiger charge is 2.06. The largest absolute Gasteiger partial charge is 0.206 e. The SMILES string of the molecule is Cc1ccc(F)c(Br)c1CCl. The summed E-state index contributed by atoms with van der Waals surface area (Å²) in [6, 6.07) is 3.15. The van der Waals surface area contributed by atoms with Crippen LogP contribution in [-0.2, 0) is 5.88 Å². The highest BCUT2D eigenvalue weighted by molar-refractivity contribution is 9.10. The maximum absolute atomic E-state index is 12.8. The molecular formula is C8H7BrClF. The van der Waals surface area contributed by atoms with E-state index in [0.29, 0.717) is 10.4 Å². The molecule has 11 heavy (non-hydrogen) atoms. The van der Waals surface area contributed by atoms with Crippen molar-refractivity contribution in [1.29, 1.82) is 0 Å². The van der Waals surface area contributed by atoms with Crippen LogP contribution in [0.3, 0.4) is 0 Å². The summed E-state index contributed by atoms with van der Waals surface area (Å²) in [5.41, 5.74) is 1.83. The highest BCUT2D eigenvalue weighted by atomic mass is 79.9. The first-order chi connectivity index (χ1) is 5.16. The lowest BCUT2D eigenvalue weighted by molar-refractivity contribution is 0.618. The second-order valence-electron chi connectivity index (χ2n) is 2.29. The second-order valence-corrected chi connectivity index (χ2v) is 3.35. The fourth-order valence-electron chi connectivity index (χ4n) is 0.853. The number of halogens is 3. The molecule has 1 aromatic carbocycles. The zero-order valence-corrected chi connectivity index (χ0v) is 8.34. The van der Waals surface area contributed by atoms with Crippen LogP contribution in [0.15, 0.2) is 16.6 Å². The van der Waals surface area contributed by atoms with Crippen molar-refractivity contribution in [3.05, 3.63) is 33.5 Å². The molecule has 0 unspecified atom stereocenters. The standard InChI is InChI=1S/C8H7BrClF/c1-5-2-3-7(11)8(9)6(5)4-10/h2-3H,4H2,1H3. The van der Waals surface area contributed by atoms with E-state index in [9.17, 15) is 4.39 Å². The number of hydrogen-bond donors (Lipinski definition) is 0. The molecule has 0 spiro atoms. The number of benzene rings is 1. The van der Waals surface area contributed by atoms with Crippen LogP contribution in [0.2, 0.25) is 0 Å². The van der Waals surface area contributed by atoms with E-state index in [4.69, 9.17) is 11.6 Å². The van der Waals surface area contributed by atoms with E-state index in [1.807, 2.05) is 6.92 Å². The minimum atomic E-state index is -0.258. The van der Waals surface area contributed by atoms with E-state index in [-0.39, 0.29) is 5.82 Å². The Balaban J connectivity index is 3.29. The van der Waals surface area contributed by atoms with E-state index in [1.165, 1.54) is 6.07 Å². The van der Waals surface area contributed by atoms with Crippen molar-refractivity contribution in [3.63, 3.8) is 0 Å². The Morgan fingerprint density at radius 1 is 1.55 bits per heavy atom. The van der Waals surface area contributed by atoms with Gasteiger partial charge in [-0.1, -0.05) is 6.07 Å². The Bertz CT molecular complexity index is 273. The van der Waals surface area contributed by atoms with Crippen molar-refractivity contribution in [2.45, 2.75) is 12.8 Å². The van der Waals surface area contributed by atoms with E-state index >= 15 is 0 Å². The smallest absolute Gasteiger partial charge is 0.137 e. The molecule has 0 aliphatic heterocycles. The Labute approximate surface area is 78.5 Å². The van der Waals surface area contributed by atoms with Crippen LogP contribution in [-0.4, -0.2) is 0 Å². The minimum Gasteiger partial charge on any atom is -0.206 e. The van der Waals surface area contributed by atoms with Gasteiger partial charge >= 0.3 is 0 Å². The van der Waals surface area contributed by atoms with Gasteiger partial charge in [-0.2, -0.15) is 0 Å². The summed E-state index contributed by atoms with van der Waals surface area (Å²) in [6.07, 6.45) is 0. The van der Waals surface area contributed by atoms with Crippen LogP contribution in [0.25, 0.3) is 0 Å². The minimum absolute atomic E-state index is 0.258. The van der Waals surface area contributed by atoms with E-state index in [0.717, 1.165) is 11.1 Å². The van der Waals surface area contributed by atoms with Crippen LogP contribution in [0.4, 0.5) is 4.39 Å². The molecule has 0 fully saturated rings. The van der Waals surface area contributed by atoms with Crippen molar-refractivity contribution in [3.8, 4) is 0 Å². The fraction of sp³-hybridized carbons (Fsp3) is 0.250. The van der Waals surface area contributed by atoms with Crippen molar-refractivity contribution < 1.29 is 4.39 Å². The van der Waals surface area contributed by atoms with Crippen molar-refractivity contribution >= 4 is 27.5 Å². The predicted octanol–water partition coefficient (Wildman–Crippen LogP) is 3.64. The van der Waals surface area contributed by atoms with Gasteiger partial charge in [-0.25, -0.2) is 4.39 Å². The summed E-state index contributed by atoms with van der Waals surface area (Å²) < 4.78 is 13.3. The first-order valence-corrected chi connectivity index (χ1v) is 4.49. The van der Waals surface area contributed by atoms with Crippen LogP contribution in [0.1, 0.15) is 11.1 Å². The lowest BCUT2D eigenvalue weighted by Gasteiger charge is -2.04. The molecule has 0 aliphatic rings. The Hall–Kier alpha value is -0.0800. The molecule has 1 rings (SSSR count). The van der Waals surface area contributed by atoms with E-state index in [1.54, 1.807) is 6.07 Å². The molecule has 0 amide bonds. The molecule has 1 aromatic rings. The third kappa shape index (κ3) is 1.74. The summed E-state index contributed by atoms with van der Waals surface area (Å²) >= 11 is 8.74. The second kappa shape index (κ2) is 3.55. The summed E-state index contributed by atoms with van der Waals surface area (Å²) in [4.78, 5) is 0. The lowest BCUT2D eigenvalue weighted by Crippen LogP contribution is -1.89. The van der Waals surface area contributed by atoms with Gasteiger partial charge in [0.2, 0.25) is 0 Å². The summed E-state index contributed by atoms with van der Waals surface area (Å²) in [5.74, 6) is 0.0794. The third-order valence-electron chi connectivity index (χ3n) is 1.56. The predicted molar refractivity (Wildman–Crippen MR) is 48.4 cm³/mol. The highest BCUT2D eigenvalue weighted by Crippen LogP contribution is 2.24. The van der Waals surface area contributed by atoms with Gasteiger partial charge < -0.3 is 0 Å². The molecule has 0 radical (unpaired) electrons. The molecule has 0 aromatic heterocycles. The van der Waals surface area contributed by atoms with Gasteiger partial charge in [0.25, 0.3) is 0 Å².